The van der Waals surface area contributed by atoms with Gasteiger partial charge in [0.05, 0.1) is 0 Å². The molecule has 3 heteroatoms. The van der Waals surface area contributed by atoms with E-state index in [1.165, 1.54) is 10.5 Å². The van der Waals surface area contributed by atoms with Crippen LogP contribution in [0.15, 0.2) is 29.2 Å². The second-order valence-electron chi connectivity index (χ2n) is 2.74. The van der Waals surface area contributed by atoms with E-state index in [1.807, 2.05) is 0 Å². The molecule has 0 heterocycles. The van der Waals surface area contributed by atoms with Crippen molar-refractivity contribution >= 4 is 21.8 Å². The zero-order valence-corrected chi connectivity index (χ0v) is 9.21. The Morgan fingerprint density at radius 3 is 2.42 bits per heavy atom. The number of nitrogens with zero attached hydrogens (tertiary/aromatic N) is 1. The lowest BCUT2D eigenvalue weighted by Gasteiger charge is -2.08. The molecular formula is C9H13NS2. The van der Waals surface area contributed by atoms with Crippen LogP contribution in [0.5, 0.6) is 0 Å². The molecule has 0 aliphatic rings. The zero-order chi connectivity index (χ0) is 8.97. The van der Waals surface area contributed by atoms with Crippen LogP contribution in [-0.2, 0) is 0 Å². The van der Waals surface area contributed by atoms with Gasteiger partial charge in [0, 0.05) is 4.90 Å². The Bertz CT molecular complexity index is 248. The molecule has 0 saturated heterocycles. The molecule has 0 fully saturated rings. The van der Waals surface area contributed by atoms with Crippen LogP contribution >= 0.6 is 21.8 Å². The van der Waals surface area contributed by atoms with E-state index < -0.39 is 0 Å². The van der Waals surface area contributed by atoms with Crippen molar-refractivity contribution in [2.75, 3.05) is 14.1 Å². The van der Waals surface area contributed by atoms with Crippen molar-refractivity contribution in [3.8, 4) is 0 Å². The summed E-state index contributed by atoms with van der Waals surface area (Å²) in [5.74, 6) is 0. The second kappa shape index (κ2) is 4.80. The third kappa shape index (κ3) is 3.09. The fourth-order valence-electron chi connectivity index (χ4n) is 0.765. The van der Waals surface area contributed by atoms with Crippen molar-refractivity contribution in [2.45, 2.75) is 11.8 Å². The number of hydrogen-bond acceptors (Lipinski definition) is 3. The van der Waals surface area contributed by atoms with E-state index in [4.69, 9.17) is 0 Å². The van der Waals surface area contributed by atoms with Gasteiger partial charge in [0.25, 0.3) is 0 Å². The lowest BCUT2D eigenvalue weighted by Crippen LogP contribution is -1.95. The average Bonchev–Trinajstić information content (AvgIpc) is 2.03. The Morgan fingerprint density at radius 1 is 1.17 bits per heavy atom. The minimum atomic E-state index is 1.34. The predicted octanol–water partition coefficient (Wildman–Crippen LogP) is 3.21. The Hall–Kier alpha value is -0.120. The van der Waals surface area contributed by atoms with Gasteiger partial charge in [0.1, 0.15) is 0 Å². The molecule has 12 heavy (non-hydrogen) atoms. The summed E-state index contributed by atoms with van der Waals surface area (Å²) in [6.45, 7) is 2.14. The first-order valence-electron chi connectivity index (χ1n) is 3.78. The standard InChI is InChI=1S/C9H13NS2/c1-8-6-4-5-7-9(8)11-12-10(2)3/h4-7H,1-3H3. The topological polar surface area (TPSA) is 3.24 Å². The molecule has 0 aliphatic heterocycles. The second-order valence-corrected chi connectivity index (χ2v) is 5.17. The molecule has 0 amide bonds. The van der Waals surface area contributed by atoms with Crippen LogP contribution in [-0.4, -0.2) is 18.4 Å². The van der Waals surface area contributed by atoms with Gasteiger partial charge in [-0.1, -0.05) is 18.2 Å². The molecule has 0 aliphatic carbocycles. The molecule has 0 saturated carbocycles. The predicted molar refractivity (Wildman–Crippen MR) is 58.3 cm³/mol. The minimum Gasteiger partial charge on any atom is -0.247 e. The van der Waals surface area contributed by atoms with Crippen molar-refractivity contribution in [2.24, 2.45) is 0 Å². The van der Waals surface area contributed by atoms with E-state index in [0.717, 1.165) is 0 Å². The van der Waals surface area contributed by atoms with Gasteiger partial charge in [-0.05, 0) is 54.4 Å². The van der Waals surface area contributed by atoms with Crippen molar-refractivity contribution in [3.63, 3.8) is 0 Å². The largest absolute Gasteiger partial charge is 0.247 e. The van der Waals surface area contributed by atoms with Gasteiger partial charge >= 0.3 is 0 Å². The molecule has 1 aromatic rings. The Labute approximate surface area is 82.1 Å². The molecule has 1 aromatic carbocycles. The zero-order valence-electron chi connectivity index (χ0n) is 7.57. The lowest BCUT2D eigenvalue weighted by atomic mass is 10.2. The minimum absolute atomic E-state index is 1.34. The van der Waals surface area contributed by atoms with E-state index in [0.29, 0.717) is 0 Å². The van der Waals surface area contributed by atoms with Crippen molar-refractivity contribution in [1.29, 1.82) is 0 Å². The SMILES string of the molecule is Cc1ccccc1SSN(C)C. The fourth-order valence-corrected chi connectivity index (χ4v) is 2.58. The summed E-state index contributed by atoms with van der Waals surface area (Å²) in [7, 11) is 7.65. The average molecular weight is 199 g/mol. The highest BCUT2D eigenvalue weighted by Crippen LogP contribution is 2.33. The fraction of sp³-hybridized carbons (Fsp3) is 0.333. The van der Waals surface area contributed by atoms with Gasteiger partial charge in [-0.2, -0.15) is 0 Å². The van der Waals surface area contributed by atoms with E-state index in [9.17, 15) is 0 Å². The van der Waals surface area contributed by atoms with Crippen LogP contribution in [0.1, 0.15) is 5.56 Å². The monoisotopic (exact) mass is 199 g/mol. The molecule has 0 radical (unpaired) electrons. The third-order valence-corrected chi connectivity index (χ3v) is 4.04. The summed E-state index contributed by atoms with van der Waals surface area (Å²) in [6, 6.07) is 8.43. The number of aryl methyl sites for hydroxylation is 1. The summed E-state index contributed by atoms with van der Waals surface area (Å²) in [4.78, 5) is 1.34. The van der Waals surface area contributed by atoms with Gasteiger partial charge in [-0.25, -0.2) is 4.31 Å². The van der Waals surface area contributed by atoms with Gasteiger partial charge in [-0.15, -0.1) is 0 Å². The first-order chi connectivity index (χ1) is 5.70. The van der Waals surface area contributed by atoms with E-state index >= 15 is 0 Å². The molecular weight excluding hydrogens is 186 g/mol. The Morgan fingerprint density at radius 2 is 1.83 bits per heavy atom. The molecule has 0 spiro atoms. The maximum absolute atomic E-state index is 2.15. The molecule has 1 nitrogen and oxygen atoms in total. The normalized spacial score (nSPS) is 10.7. The summed E-state index contributed by atoms with van der Waals surface area (Å²) >= 11 is 0. The number of benzene rings is 1. The lowest BCUT2D eigenvalue weighted by molar-refractivity contribution is 0.711. The van der Waals surface area contributed by atoms with Crippen molar-refractivity contribution < 1.29 is 0 Å². The highest BCUT2D eigenvalue weighted by Gasteiger charge is 1.98. The van der Waals surface area contributed by atoms with Crippen LogP contribution < -0.4 is 0 Å². The maximum Gasteiger partial charge on any atom is 0.0224 e. The van der Waals surface area contributed by atoms with Gasteiger partial charge < -0.3 is 0 Å². The molecule has 0 atom stereocenters. The van der Waals surface area contributed by atoms with E-state index in [2.05, 4.69) is 49.6 Å². The van der Waals surface area contributed by atoms with E-state index in [1.54, 1.807) is 21.8 Å². The number of hydrogen-bond donors (Lipinski definition) is 0. The summed E-state index contributed by atoms with van der Waals surface area (Å²) in [6.07, 6.45) is 0. The molecule has 0 bridgehead atoms. The molecule has 66 valence electrons. The first kappa shape index (κ1) is 9.96. The first-order valence-corrected chi connectivity index (χ1v) is 5.88. The van der Waals surface area contributed by atoms with E-state index in [-0.39, 0.29) is 0 Å². The number of rotatable bonds is 3. The van der Waals surface area contributed by atoms with Crippen molar-refractivity contribution in [3.05, 3.63) is 29.8 Å². The summed E-state index contributed by atoms with van der Waals surface area (Å²) < 4.78 is 2.09. The molecule has 0 aromatic heterocycles. The maximum atomic E-state index is 2.15. The van der Waals surface area contributed by atoms with Crippen LogP contribution in [0.2, 0.25) is 0 Å². The molecule has 1 rings (SSSR count). The summed E-state index contributed by atoms with van der Waals surface area (Å²) in [5, 5.41) is 0. The smallest absolute Gasteiger partial charge is 0.0224 e. The van der Waals surface area contributed by atoms with Gasteiger partial charge in [0.15, 0.2) is 0 Å². The third-order valence-electron chi connectivity index (χ3n) is 1.37. The van der Waals surface area contributed by atoms with Crippen LogP contribution in [0.3, 0.4) is 0 Å². The Balaban J connectivity index is 2.57. The van der Waals surface area contributed by atoms with Crippen LogP contribution in [0.4, 0.5) is 0 Å². The van der Waals surface area contributed by atoms with Crippen molar-refractivity contribution in [1.82, 2.24) is 4.31 Å². The highest BCUT2D eigenvalue weighted by atomic mass is 33.1. The Kier molecular flexibility index (Phi) is 3.98. The molecule has 0 N–H and O–H groups in total. The van der Waals surface area contributed by atoms with Gasteiger partial charge in [-0.3, -0.25) is 0 Å². The molecule has 0 unspecified atom stereocenters. The van der Waals surface area contributed by atoms with Crippen LogP contribution in [0.25, 0.3) is 0 Å². The summed E-state index contributed by atoms with van der Waals surface area (Å²) in [5.41, 5.74) is 1.34. The van der Waals surface area contributed by atoms with Gasteiger partial charge in [0.2, 0.25) is 0 Å². The quantitative estimate of drug-likeness (QED) is 0.543. The highest BCUT2D eigenvalue weighted by molar-refractivity contribution is 8.75. The van der Waals surface area contributed by atoms with Crippen LogP contribution in [0, 0.1) is 6.92 Å².